The third-order valence-electron chi connectivity index (χ3n) is 3.63. The molecule has 0 radical (unpaired) electrons. The Kier molecular flexibility index (Phi) is 3.94. The summed E-state index contributed by atoms with van der Waals surface area (Å²) in [7, 11) is 0. The minimum Gasteiger partial charge on any atom is -0.288 e. The zero-order valence-corrected chi connectivity index (χ0v) is 12.3. The quantitative estimate of drug-likeness (QED) is 0.754. The van der Waals surface area contributed by atoms with Crippen LogP contribution in [0.2, 0.25) is 0 Å². The molecule has 0 amide bonds. The number of nitrogens with zero attached hydrogens (tertiary/aromatic N) is 1. The van der Waals surface area contributed by atoms with E-state index in [-0.39, 0.29) is 11.6 Å². The van der Waals surface area contributed by atoms with Crippen LogP contribution in [0.3, 0.4) is 0 Å². The Hall–Kier alpha value is -3.32. The van der Waals surface area contributed by atoms with Crippen LogP contribution in [-0.4, -0.2) is 9.55 Å². The summed E-state index contributed by atoms with van der Waals surface area (Å²) in [5.74, 6) is 2.32. The van der Waals surface area contributed by atoms with Gasteiger partial charge in [0.25, 0.3) is 5.56 Å². The maximum atomic E-state index is 12.3. The molecule has 4 heteroatoms. The summed E-state index contributed by atoms with van der Waals surface area (Å²) >= 11 is 0. The predicted octanol–water partition coefficient (Wildman–Crippen LogP) is 2.16. The van der Waals surface area contributed by atoms with Crippen molar-refractivity contribution in [1.29, 1.82) is 0 Å². The number of rotatable bonds is 3. The van der Waals surface area contributed by atoms with E-state index < -0.39 is 11.2 Å². The Morgan fingerprint density at radius 1 is 0.913 bits per heavy atom. The molecular weight excluding hydrogens is 288 g/mol. The van der Waals surface area contributed by atoms with Gasteiger partial charge in [-0.15, -0.1) is 6.42 Å². The number of hydrogen-bond donors (Lipinski definition) is 1. The lowest BCUT2D eigenvalue weighted by atomic mass is 9.98. The fourth-order valence-corrected chi connectivity index (χ4v) is 2.56. The van der Waals surface area contributed by atoms with Crippen molar-refractivity contribution in [2.45, 2.75) is 6.04 Å². The highest BCUT2D eigenvalue weighted by atomic mass is 16.2. The molecule has 1 heterocycles. The fraction of sp³-hybridized carbons (Fsp3) is 0.0526. The van der Waals surface area contributed by atoms with Crippen LogP contribution < -0.4 is 11.2 Å². The molecule has 3 aromatic rings. The lowest BCUT2D eigenvalue weighted by Gasteiger charge is -2.20. The van der Waals surface area contributed by atoms with Crippen LogP contribution in [0.5, 0.6) is 0 Å². The van der Waals surface area contributed by atoms with Crippen LogP contribution in [0.1, 0.15) is 22.7 Å². The first kappa shape index (κ1) is 14.6. The van der Waals surface area contributed by atoms with Gasteiger partial charge in [-0.05, 0) is 11.1 Å². The second kappa shape index (κ2) is 6.20. The highest BCUT2D eigenvalue weighted by Crippen LogP contribution is 2.24. The van der Waals surface area contributed by atoms with E-state index in [1.54, 1.807) is 0 Å². The number of nitrogens with one attached hydrogen (secondary N) is 1. The largest absolute Gasteiger partial charge is 0.329 e. The molecule has 112 valence electrons. The Bertz CT molecular complexity index is 924. The molecule has 0 atom stereocenters. The first-order valence-corrected chi connectivity index (χ1v) is 7.12. The Balaban J connectivity index is 2.28. The van der Waals surface area contributed by atoms with E-state index in [2.05, 4.69) is 10.9 Å². The van der Waals surface area contributed by atoms with Gasteiger partial charge in [0.05, 0.1) is 6.04 Å². The van der Waals surface area contributed by atoms with Gasteiger partial charge in [0.2, 0.25) is 0 Å². The van der Waals surface area contributed by atoms with Gasteiger partial charge in [-0.1, -0.05) is 66.6 Å². The molecule has 0 bridgehead atoms. The number of aromatic nitrogens is 2. The van der Waals surface area contributed by atoms with E-state index in [1.807, 2.05) is 60.7 Å². The first-order valence-electron chi connectivity index (χ1n) is 7.12. The van der Waals surface area contributed by atoms with Crippen LogP contribution >= 0.6 is 0 Å². The van der Waals surface area contributed by atoms with Crippen LogP contribution in [0.15, 0.2) is 76.4 Å². The van der Waals surface area contributed by atoms with E-state index >= 15 is 0 Å². The number of benzene rings is 2. The average molecular weight is 302 g/mol. The van der Waals surface area contributed by atoms with E-state index in [9.17, 15) is 9.59 Å². The van der Waals surface area contributed by atoms with Crippen LogP contribution in [0.4, 0.5) is 0 Å². The maximum absolute atomic E-state index is 12.3. The second-order valence-electron chi connectivity index (χ2n) is 5.08. The summed E-state index contributed by atoms with van der Waals surface area (Å²) < 4.78 is 1.46. The smallest absolute Gasteiger partial charge is 0.288 e. The lowest BCUT2D eigenvalue weighted by Crippen LogP contribution is -2.34. The zero-order valence-electron chi connectivity index (χ0n) is 12.3. The molecule has 0 saturated heterocycles. The van der Waals surface area contributed by atoms with E-state index in [0.29, 0.717) is 0 Å². The third-order valence-corrected chi connectivity index (χ3v) is 3.63. The molecular formula is C19H14N2O2. The van der Waals surface area contributed by atoms with Gasteiger partial charge in [0.1, 0.15) is 5.56 Å². The van der Waals surface area contributed by atoms with Crippen LogP contribution in [0, 0.1) is 12.3 Å². The van der Waals surface area contributed by atoms with Crippen molar-refractivity contribution in [2.75, 3.05) is 0 Å². The summed E-state index contributed by atoms with van der Waals surface area (Å²) in [6, 6.07) is 18.8. The normalized spacial score (nSPS) is 10.4. The molecule has 0 saturated carbocycles. The van der Waals surface area contributed by atoms with Crippen molar-refractivity contribution >= 4 is 0 Å². The Morgan fingerprint density at radius 3 is 1.91 bits per heavy atom. The SMILES string of the molecule is C#Cc1cn(C(c2ccccc2)c2ccccc2)c(=O)[nH]c1=O. The zero-order chi connectivity index (χ0) is 16.2. The number of terminal acetylenes is 1. The summed E-state index contributed by atoms with van der Waals surface area (Å²) in [4.78, 5) is 26.3. The molecule has 0 aliphatic heterocycles. The molecule has 0 aliphatic carbocycles. The predicted molar refractivity (Wildman–Crippen MR) is 89.4 cm³/mol. The van der Waals surface area contributed by atoms with Gasteiger partial charge in [0.15, 0.2) is 0 Å². The number of hydrogen-bond acceptors (Lipinski definition) is 2. The Labute approximate surface area is 133 Å². The molecule has 1 N–H and O–H groups in total. The molecule has 0 spiro atoms. The van der Waals surface area contributed by atoms with E-state index in [1.165, 1.54) is 10.8 Å². The molecule has 3 rings (SSSR count). The van der Waals surface area contributed by atoms with E-state index in [0.717, 1.165) is 11.1 Å². The molecule has 2 aromatic carbocycles. The van der Waals surface area contributed by atoms with Gasteiger partial charge < -0.3 is 0 Å². The third kappa shape index (κ3) is 2.85. The van der Waals surface area contributed by atoms with Crippen molar-refractivity contribution in [1.82, 2.24) is 9.55 Å². The minimum atomic E-state index is -0.548. The summed E-state index contributed by atoms with van der Waals surface area (Å²) in [5.41, 5.74) is 0.938. The highest BCUT2D eigenvalue weighted by molar-refractivity contribution is 5.34. The Morgan fingerprint density at radius 2 is 1.43 bits per heavy atom. The number of H-pyrrole nitrogens is 1. The molecule has 4 nitrogen and oxygen atoms in total. The first-order chi connectivity index (χ1) is 11.2. The van der Waals surface area contributed by atoms with E-state index in [4.69, 9.17) is 6.42 Å². The highest BCUT2D eigenvalue weighted by Gasteiger charge is 2.18. The van der Waals surface area contributed by atoms with Crippen molar-refractivity contribution in [3.05, 3.63) is 104 Å². The molecule has 0 fully saturated rings. The fourth-order valence-electron chi connectivity index (χ4n) is 2.56. The minimum absolute atomic E-state index is 0.126. The van der Waals surface area contributed by atoms with Crippen LogP contribution in [-0.2, 0) is 0 Å². The van der Waals surface area contributed by atoms with Crippen molar-refractivity contribution in [3.63, 3.8) is 0 Å². The van der Waals surface area contributed by atoms with Crippen LogP contribution in [0.25, 0.3) is 0 Å². The van der Waals surface area contributed by atoms with Gasteiger partial charge in [-0.2, -0.15) is 0 Å². The van der Waals surface area contributed by atoms with Gasteiger partial charge in [0, 0.05) is 6.20 Å². The standard InChI is InChI=1S/C19H14N2O2/c1-2-14-13-21(19(23)20-18(14)22)17(15-9-5-3-6-10-15)16-11-7-4-8-12-16/h1,3-13,17H,(H,20,22,23). The van der Waals surface area contributed by atoms with Gasteiger partial charge >= 0.3 is 5.69 Å². The lowest BCUT2D eigenvalue weighted by molar-refractivity contribution is 0.625. The summed E-state index contributed by atoms with van der Waals surface area (Å²) in [6.07, 6.45) is 6.80. The van der Waals surface area contributed by atoms with Gasteiger partial charge in [-0.25, -0.2) is 4.79 Å². The monoisotopic (exact) mass is 302 g/mol. The second-order valence-corrected chi connectivity index (χ2v) is 5.08. The van der Waals surface area contributed by atoms with Crippen molar-refractivity contribution in [2.24, 2.45) is 0 Å². The topological polar surface area (TPSA) is 54.9 Å². The van der Waals surface area contributed by atoms with Crippen molar-refractivity contribution < 1.29 is 0 Å². The molecule has 1 aromatic heterocycles. The average Bonchev–Trinajstić information content (AvgIpc) is 2.59. The van der Waals surface area contributed by atoms with Gasteiger partial charge in [-0.3, -0.25) is 14.3 Å². The molecule has 0 unspecified atom stereocenters. The summed E-state index contributed by atoms with van der Waals surface area (Å²) in [5, 5.41) is 0. The molecule has 0 aliphatic rings. The maximum Gasteiger partial charge on any atom is 0.329 e. The molecule has 23 heavy (non-hydrogen) atoms. The summed E-state index contributed by atoms with van der Waals surface area (Å²) in [6.45, 7) is 0. The van der Waals surface area contributed by atoms with Crippen molar-refractivity contribution in [3.8, 4) is 12.3 Å². The number of aromatic amines is 1.